The number of nitrogens with zero attached hydrogens (tertiary/aromatic N) is 2. The van der Waals surface area contributed by atoms with Crippen LogP contribution >= 0.6 is 23.2 Å². The van der Waals surface area contributed by atoms with Crippen molar-refractivity contribution in [1.29, 1.82) is 0 Å². The number of hydrogen-bond donors (Lipinski definition) is 4. The van der Waals surface area contributed by atoms with Crippen LogP contribution in [0, 0.1) is 0 Å². The highest BCUT2D eigenvalue weighted by Gasteiger charge is 2.38. The molecule has 2 aliphatic rings. The van der Waals surface area contributed by atoms with Gasteiger partial charge in [-0.2, -0.15) is 5.48 Å². The van der Waals surface area contributed by atoms with Crippen molar-refractivity contribution in [2.75, 3.05) is 77.3 Å². The van der Waals surface area contributed by atoms with Crippen LogP contribution in [0.3, 0.4) is 0 Å². The highest BCUT2D eigenvalue weighted by molar-refractivity contribution is 6.20. The van der Waals surface area contributed by atoms with Crippen LogP contribution < -0.4 is 48.5 Å². The summed E-state index contributed by atoms with van der Waals surface area (Å²) in [6.45, 7) is 6.07. The van der Waals surface area contributed by atoms with Gasteiger partial charge in [-0.1, -0.05) is 48.5 Å². The third-order valence-corrected chi connectivity index (χ3v) is 13.8. The van der Waals surface area contributed by atoms with E-state index in [4.69, 9.17) is 61.2 Å². The minimum absolute atomic E-state index is 0.0461. The number of hydroxylamine groups is 1. The summed E-state index contributed by atoms with van der Waals surface area (Å²) in [5.41, 5.74) is 6.85. The maximum absolute atomic E-state index is 14.0. The van der Waals surface area contributed by atoms with Gasteiger partial charge in [-0.05, 0) is 66.9 Å². The molecule has 0 saturated carbocycles. The number of rotatable bonds is 12. The molecule has 0 radical (unpaired) electrons. The van der Waals surface area contributed by atoms with Gasteiger partial charge in [-0.3, -0.25) is 9.59 Å². The normalized spacial score (nSPS) is 14.9. The smallest absolute Gasteiger partial charge is 0.441 e. The van der Waals surface area contributed by atoms with Gasteiger partial charge in [0.05, 0.1) is 65.1 Å². The number of alkyl halides is 2. The first-order chi connectivity index (χ1) is 35.6. The van der Waals surface area contributed by atoms with Gasteiger partial charge in [-0.15, -0.1) is 23.2 Å². The molecule has 8 aromatic rings. The average Bonchev–Trinajstić information content (AvgIpc) is 4.22. The lowest BCUT2D eigenvalue weighted by Gasteiger charge is -2.21. The van der Waals surface area contributed by atoms with Gasteiger partial charge in [0.25, 0.3) is 11.8 Å². The zero-order valence-corrected chi connectivity index (χ0v) is 43.7. The molecule has 2 aliphatic heterocycles. The number of benzene rings is 6. The molecule has 2 aromatic heterocycles. The number of carbonyl (C=O) groups is 3. The predicted octanol–water partition coefficient (Wildman–Crippen LogP) is 11.2. The summed E-state index contributed by atoms with van der Waals surface area (Å²) >= 11 is 12.7. The highest BCUT2D eigenvalue weighted by Crippen LogP contribution is 2.49. The molecule has 0 bridgehead atoms. The number of hydrogen-bond acceptors (Lipinski definition) is 12. The molecule has 0 unspecified atom stereocenters. The second kappa shape index (κ2) is 20.6. The number of methoxy groups -OCH3 is 6. The minimum Gasteiger partial charge on any atom is -0.507 e. The van der Waals surface area contributed by atoms with Gasteiger partial charge in [0.15, 0.2) is 28.7 Å². The summed E-state index contributed by atoms with van der Waals surface area (Å²) in [7, 11) is 9.21. The number of fused-ring (bicyclic) bond motifs is 8. The Morgan fingerprint density at radius 3 is 1.46 bits per heavy atom. The van der Waals surface area contributed by atoms with E-state index in [0.29, 0.717) is 98.9 Å². The molecule has 386 valence electrons. The number of phenols is 1. The Labute approximate surface area is 435 Å². The number of halogens is 2. The third kappa shape index (κ3) is 9.04. The van der Waals surface area contributed by atoms with Crippen LogP contribution in [0.5, 0.6) is 46.0 Å². The first-order valence-electron chi connectivity index (χ1n) is 23.5. The molecule has 17 nitrogen and oxygen atoms in total. The zero-order valence-electron chi connectivity index (χ0n) is 42.2. The van der Waals surface area contributed by atoms with Crippen LogP contribution in [0.25, 0.3) is 43.4 Å². The predicted molar refractivity (Wildman–Crippen MR) is 286 cm³/mol. The van der Waals surface area contributed by atoms with Gasteiger partial charge in [0.1, 0.15) is 22.7 Å². The molecule has 10 rings (SSSR count). The van der Waals surface area contributed by atoms with Crippen molar-refractivity contribution in [3.8, 4) is 46.0 Å². The van der Waals surface area contributed by atoms with E-state index in [9.17, 15) is 19.5 Å². The fourth-order valence-electron chi connectivity index (χ4n) is 9.97. The van der Waals surface area contributed by atoms with Crippen LogP contribution in [0.15, 0.2) is 84.9 Å². The molecule has 6 aromatic carbocycles. The summed E-state index contributed by atoms with van der Waals surface area (Å²) in [5.74, 6) is 3.24. The topological polar surface area (TPSA) is 195 Å². The SMILES string of the molecule is COc1cc2cc(C(=O)N3C[C@@H](CCl)c4c3cc(O)c3ccccc43)[nH]c2c(OC)c1OC.COc1cc2cc(C(=O)N3C[C@@H](CCl)c4c3cc(ONC(=O)OC(C)(C)C)c3ccccc43)[nH]c2c(OC)c1OC. The maximum Gasteiger partial charge on any atom is 0.441 e. The number of nitrogens with one attached hydrogen (secondary N) is 3. The lowest BCUT2D eigenvalue weighted by molar-refractivity contribution is 0.0290. The summed E-state index contributed by atoms with van der Waals surface area (Å²) in [6.07, 6.45) is -0.730. The fraction of sp³-hybridized carbons (Fsp3) is 0.291. The Morgan fingerprint density at radius 2 is 1.03 bits per heavy atom. The summed E-state index contributed by atoms with van der Waals surface area (Å²) < 4.78 is 38.3. The molecule has 74 heavy (non-hydrogen) atoms. The number of aromatic amines is 2. The number of aromatic nitrogens is 2. The van der Waals surface area contributed by atoms with E-state index < -0.39 is 11.7 Å². The van der Waals surface area contributed by atoms with E-state index in [-0.39, 0.29) is 29.4 Å². The lowest BCUT2D eigenvalue weighted by atomic mass is 9.95. The summed E-state index contributed by atoms with van der Waals surface area (Å²) in [5, 5.41) is 15.4. The molecule has 0 spiro atoms. The fourth-order valence-corrected chi connectivity index (χ4v) is 10.5. The Kier molecular flexibility index (Phi) is 14.2. The Bertz CT molecular complexity index is 3500. The molecule has 2 atom stereocenters. The molecular formula is C55H55Cl2N5O12. The maximum atomic E-state index is 14.0. The number of ether oxygens (including phenoxy) is 7. The second-order valence-corrected chi connectivity index (χ2v) is 19.2. The molecular weight excluding hydrogens is 994 g/mol. The quantitative estimate of drug-likeness (QED) is 0.0669. The van der Waals surface area contributed by atoms with E-state index in [0.717, 1.165) is 43.4 Å². The van der Waals surface area contributed by atoms with Gasteiger partial charge < -0.3 is 62.9 Å². The summed E-state index contributed by atoms with van der Waals surface area (Å²) in [4.78, 5) is 55.5. The lowest BCUT2D eigenvalue weighted by Crippen LogP contribution is -2.34. The average molecular weight is 1050 g/mol. The molecule has 0 aliphatic carbocycles. The largest absolute Gasteiger partial charge is 0.507 e. The highest BCUT2D eigenvalue weighted by atomic mass is 35.5. The van der Waals surface area contributed by atoms with E-state index in [1.54, 1.807) is 74.1 Å². The van der Waals surface area contributed by atoms with Crippen LogP contribution in [-0.2, 0) is 4.74 Å². The first-order valence-corrected chi connectivity index (χ1v) is 24.5. The molecule has 3 amide bonds. The van der Waals surface area contributed by atoms with Gasteiger partial charge in [-0.25, -0.2) is 4.79 Å². The van der Waals surface area contributed by atoms with E-state index in [1.165, 1.54) is 35.5 Å². The zero-order chi connectivity index (χ0) is 52.7. The van der Waals surface area contributed by atoms with Crippen molar-refractivity contribution in [3.63, 3.8) is 0 Å². The van der Waals surface area contributed by atoms with Crippen molar-refractivity contribution in [1.82, 2.24) is 15.4 Å². The number of anilines is 2. The standard InChI is InChI=1S/C30H32ClN3O7.C25H23ClN2O5/c1-30(2,3)40-29(36)33-41-22-13-21-24(19-10-8-7-9-18(19)22)17(14-31)15-34(21)28(35)20-11-16-12-23(37-4)26(38-5)27(39-6)25(16)32-20;1-31-20-9-13-8-17(27-22(13)24(33-3)23(20)32-2)25(30)28-12-14(11-26)21-16-7-5-4-6-15(16)19(29)10-18(21)28/h7-13,17,32H,14-15H2,1-6H3,(H,33,36);4-10,14,27,29H,11-12H2,1-3H3/t17-;14-/m11/s1. The summed E-state index contributed by atoms with van der Waals surface area (Å²) in [6, 6.07) is 25.7. The van der Waals surface area contributed by atoms with Crippen molar-refractivity contribution < 1.29 is 57.5 Å². The van der Waals surface area contributed by atoms with Crippen molar-refractivity contribution in [2.24, 2.45) is 0 Å². The van der Waals surface area contributed by atoms with Crippen LogP contribution in [0.1, 0.15) is 64.7 Å². The van der Waals surface area contributed by atoms with E-state index >= 15 is 0 Å². The molecule has 4 heterocycles. The van der Waals surface area contributed by atoms with Crippen LogP contribution in [0.2, 0.25) is 0 Å². The third-order valence-electron chi connectivity index (χ3n) is 13.1. The Morgan fingerprint density at radius 1 is 0.595 bits per heavy atom. The van der Waals surface area contributed by atoms with Gasteiger partial charge in [0, 0.05) is 70.4 Å². The van der Waals surface area contributed by atoms with Gasteiger partial charge in [0.2, 0.25) is 11.5 Å². The number of amides is 3. The first kappa shape index (κ1) is 51.0. The number of aromatic hydroxyl groups is 1. The molecule has 4 N–H and O–H groups in total. The Hall–Kier alpha value is -7.89. The Balaban J connectivity index is 0.000000186. The second-order valence-electron chi connectivity index (χ2n) is 18.6. The van der Waals surface area contributed by atoms with Crippen molar-refractivity contribution in [2.45, 2.75) is 38.2 Å². The van der Waals surface area contributed by atoms with Crippen LogP contribution in [0.4, 0.5) is 16.2 Å². The van der Waals surface area contributed by atoms with E-state index in [2.05, 4.69) is 15.4 Å². The number of phenolic OH excluding ortho intramolecular Hbond substituents is 1. The molecule has 0 fully saturated rings. The van der Waals surface area contributed by atoms with Crippen LogP contribution in [-0.4, -0.2) is 106 Å². The number of H-pyrrole nitrogens is 2. The minimum atomic E-state index is -0.730. The van der Waals surface area contributed by atoms with Gasteiger partial charge >= 0.3 is 6.09 Å². The van der Waals surface area contributed by atoms with Crippen molar-refractivity contribution in [3.05, 3.63) is 107 Å². The molecule has 19 heteroatoms. The van der Waals surface area contributed by atoms with E-state index in [1.807, 2.05) is 48.5 Å². The van der Waals surface area contributed by atoms with Crippen molar-refractivity contribution >= 4 is 95.8 Å². The molecule has 0 saturated heterocycles. The monoisotopic (exact) mass is 1050 g/mol. The number of carbonyl (C=O) groups excluding carboxylic acids is 3.